The van der Waals surface area contributed by atoms with E-state index in [1.165, 1.54) is 17.0 Å². The molecule has 0 bridgehead atoms. The number of aliphatic hydroxyl groups excluding tert-OH is 1. The highest BCUT2D eigenvalue weighted by Crippen LogP contribution is 2.25. The maximum Gasteiger partial charge on any atom is 0.311 e. The third-order valence-electron chi connectivity index (χ3n) is 1.87. The average molecular weight is 212 g/mol. The van der Waals surface area contributed by atoms with Gasteiger partial charge in [-0.2, -0.15) is 0 Å². The molecule has 0 spiro atoms. The molecule has 0 saturated carbocycles. The van der Waals surface area contributed by atoms with Crippen molar-refractivity contribution in [2.24, 2.45) is 0 Å². The number of hydrogen-bond donors (Lipinski definition) is 2. The summed E-state index contributed by atoms with van der Waals surface area (Å²) in [5.74, 6) is 0.370. The van der Waals surface area contributed by atoms with Gasteiger partial charge in [0.25, 0.3) is 0 Å². The first kappa shape index (κ1) is 11.2. The van der Waals surface area contributed by atoms with Gasteiger partial charge in [0, 0.05) is 19.7 Å². The Morgan fingerprint density at radius 2 is 2.33 bits per heavy atom. The minimum Gasteiger partial charge on any atom is -0.395 e. The lowest BCUT2D eigenvalue weighted by atomic mass is 10.3. The lowest BCUT2D eigenvalue weighted by molar-refractivity contribution is -0.384. The average Bonchev–Trinajstić information content (AvgIpc) is 2.17. The number of hydrogen-bond acceptors (Lipinski definition) is 6. The zero-order chi connectivity index (χ0) is 11.4. The normalized spacial score (nSPS) is 10.0. The summed E-state index contributed by atoms with van der Waals surface area (Å²) in [7, 11) is 1.60. The van der Waals surface area contributed by atoms with E-state index in [4.69, 9.17) is 10.8 Å². The van der Waals surface area contributed by atoms with Crippen LogP contribution < -0.4 is 10.6 Å². The topological polar surface area (TPSA) is 106 Å². The molecule has 1 aromatic heterocycles. The van der Waals surface area contributed by atoms with Crippen LogP contribution in [0.3, 0.4) is 0 Å². The minimum atomic E-state index is -0.532. The van der Waals surface area contributed by atoms with E-state index in [9.17, 15) is 10.1 Å². The van der Waals surface area contributed by atoms with Crippen LogP contribution in [-0.4, -0.2) is 35.2 Å². The highest BCUT2D eigenvalue weighted by Gasteiger charge is 2.18. The second kappa shape index (κ2) is 4.56. The minimum absolute atomic E-state index is 0.107. The first-order valence-corrected chi connectivity index (χ1v) is 4.29. The zero-order valence-electron chi connectivity index (χ0n) is 8.25. The smallest absolute Gasteiger partial charge is 0.311 e. The molecule has 3 N–H and O–H groups in total. The summed E-state index contributed by atoms with van der Waals surface area (Å²) in [4.78, 5) is 15.5. The lowest BCUT2D eigenvalue weighted by Crippen LogP contribution is -2.23. The molecule has 1 aromatic rings. The summed E-state index contributed by atoms with van der Waals surface area (Å²) in [6.07, 6.45) is 0. The Morgan fingerprint density at radius 1 is 1.67 bits per heavy atom. The highest BCUT2D eigenvalue weighted by molar-refractivity contribution is 5.60. The maximum absolute atomic E-state index is 10.7. The van der Waals surface area contributed by atoms with Crippen LogP contribution >= 0.6 is 0 Å². The van der Waals surface area contributed by atoms with Gasteiger partial charge in [-0.15, -0.1) is 0 Å². The number of likely N-dealkylation sites (N-methyl/N-ethyl adjacent to an activating group) is 1. The van der Waals surface area contributed by atoms with Gasteiger partial charge in [0.15, 0.2) is 0 Å². The Kier molecular flexibility index (Phi) is 3.40. The summed E-state index contributed by atoms with van der Waals surface area (Å²) in [6.45, 7) is 0.154. The molecular weight excluding hydrogens is 200 g/mol. The molecule has 0 aromatic carbocycles. The van der Waals surface area contributed by atoms with E-state index in [-0.39, 0.29) is 30.5 Å². The molecule has 82 valence electrons. The van der Waals surface area contributed by atoms with Gasteiger partial charge in [-0.05, 0) is 6.07 Å². The van der Waals surface area contributed by atoms with Crippen molar-refractivity contribution < 1.29 is 10.0 Å². The zero-order valence-corrected chi connectivity index (χ0v) is 8.25. The Morgan fingerprint density at radius 3 is 2.87 bits per heavy atom. The fourth-order valence-corrected chi connectivity index (χ4v) is 1.13. The van der Waals surface area contributed by atoms with Gasteiger partial charge in [-0.3, -0.25) is 10.1 Å². The number of anilines is 2. The standard InChI is InChI=1S/C8H12N4O3/c1-11(4-5-13)8-6(12(14)15)2-3-7(9)10-8/h2-3,13H,4-5H2,1H3,(H2,9,10). The van der Waals surface area contributed by atoms with Crippen LogP contribution in [0.5, 0.6) is 0 Å². The van der Waals surface area contributed by atoms with Crippen molar-refractivity contribution in [3.05, 3.63) is 22.2 Å². The highest BCUT2D eigenvalue weighted by atomic mass is 16.6. The van der Waals surface area contributed by atoms with E-state index in [0.717, 1.165) is 0 Å². The second-order valence-electron chi connectivity index (χ2n) is 2.98. The van der Waals surface area contributed by atoms with E-state index in [1.54, 1.807) is 7.05 Å². The van der Waals surface area contributed by atoms with Gasteiger partial charge in [0.2, 0.25) is 5.82 Å². The molecule has 15 heavy (non-hydrogen) atoms. The Balaban J connectivity index is 3.12. The van der Waals surface area contributed by atoms with E-state index < -0.39 is 4.92 Å². The quantitative estimate of drug-likeness (QED) is 0.537. The molecule has 1 heterocycles. The fraction of sp³-hybridized carbons (Fsp3) is 0.375. The molecule has 0 aliphatic heterocycles. The first-order chi connectivity index (χ1) is 7.06. The number of nitrogens with zero attached hydrogens (tertiary/aromatic N) is 3. The summed E-state index contributed by atoms with van der Waals surface area (Å²) >= 11 is 0. The second-order valence-corrected chi connectivity index (χ2v) is 2.98. The number of rotatable bonds is 4. The number of aliphatic hydroxyl groups is 1. The Labute approximate surface area is 86.3 Å². The van der Waals surface area contributed by atoms with Crippen molar-refractivity contribution >= 4 is 17.3 Å². The van der Waals surface area contributed by atoms with Crippen LogP contribution in [0.15, 0.2) is 12.1 Å². The van der Waals surface area contributed by atoms with Gasteiger partial charge < -0.3 is 15.7 Å². The maximum atomic E-state index is 10.7. The van der Waals surface area contributed by atoms with Crippen molar-refractivity contribution in [2.45, 2.75) is 0 Å². The van der Waals surface area contributed by atoms with Crippen LogP contribution in [0, 0.1) is 10.1 Å². The van der Waals surface area contributed by atoms with Crippen molar-refractivity contribution in [1.29, 1.82) is 0 Å². The molecule has 0 fully saturated rings. The molecule has 0 radical (unpaired) electrons. The molecule has 7 heteroatoms. The summed E-state index contributed by atoms with van der Waals surface area (Å²) < 4.78 is 0. The number of pyridine rings is 1. The van der Waals surface area contributed by atoms with Gasteiger partial charge in [0.05, 0.1) is 11.5 Å². The number of aromatic nitrogens is 1. The SMILES string of the molecule is CN(CCO)c1nc(N)ccc1[N+](=O)[O-]. The summed E-state index contributed by atoms with van der Waals surface area (Å²) in [5, 5.41) is 19.4. The van der Waals surface area contributed by atoms with Crippen LogP contribution in [0.4, 0.5) is 17.3 Å². The molecule has 0 aliphatic rings. The number of nitrogen functional groups attached to an aromatic ring is 1. The number of nitrogens with two attached hydrogens (primary N) is 1. The van der Waals surface area contributed by atoms with E-state index in [2.05, 4.69) is 4.98 Å². The molecule has 7 nitrogen and oxygen atoms in total. The molecule has 0 atom stereocenters. The van der Waals surface area contributed by atoms with Gasteiger partial charge in [-0.25, -0.2) is 4.98 Å². The van der Waals surface area contributed by atoms with Crippen LogP contribution in [0.1, 0.15) is 0 Å². The predicted octanol–water partition coefficient (Wildman–Crippen LogP) is 0.000500. The van der Waals surface area contributed by atoms with Crippen molar-refractivity contribution in [3.8, 4) is 0 Å². The van der Waals surface area contributed by atoms with E-state index in [0.29, 0.717) is 0 Å². The largest absolute Gasteiger partial charge is 0.395 e. The van der Waals surface area contributed by atoms with Gasteiger partial charge >= 0.3 is 5.69 Å². The summed E-state index contributed by atoms with van der Waals surface area (Å²) in [6, 6.07) is 2.67. The molecule has 1 rings (SSSR count). The first-order valence-electron chi connectivity index (χ1n) is 4.29. The molecular formula is C8H12N4O3. The monoisotopic (exact) mass is 212 g/mol. The molecule has 0 aliphatic carbocycles. The van der Waals surface area contributed by atoms with Crippen molar-refractivity contribution in [3.63, 3.8) is 0 Å². The fourth-order valence-electron chi connectivity index (χ4n) is 1.13. The predicted molar refractivity (Wildman–Crippen MR) is 55.7 cm³/mol. The van der Waals surface area contributed by atoms with Crippen LogP contribution in [-0.2, 0) is 0 Å². The molecule has 0 unspecified atom stereocenters. The van der Waals surface area contributed by atoms with Gasteiger partial charge in [0.1, 0.15) is 5.82 Å². The molecule has 0 amide bonds. The van der Waals surface area contributed by atoms with Crippen molar-refractivity contribution in [2.75, 3.05) is 30.8 Å². The lowest BCUT2D eigenvalue weighted by Gasteiger charge is -2.16. The van der Waals surface area contributed by atoms with Crippen LogP contribution in [0.25, 0.3) is 0 Å². The Hall–Kier alpha value is -1.89. The third-order valence-corrected chi connectivity index (χ3v) is 1.87. The third kappa shape index (κ3) is 2.53. The summed E-state index contributed by atoms with van der Waals surface area (Å²) in [5.41, 5.74) is 5.31. The molecule has 0 saturated heterocycles. The number of nitro groups is 1. The van der Waals surface area contributed by atoms with Crippen molar-refractivity contribution in [1.82, 2.24) is 4.98 Å². The van der Waals surface area contributed by atoms with E-state index >= 15 is 0 Å². The van der Waals surface area contributed by atoms with Crippen LogP contribution in [0.2, 0.25) is 0 Å². The van der Waals surface area contributed by atoms with Gasteiger partial charge in [-0.1, -0.05) is 0 Å². The van der Waals surface area contributed by atoms with E-state index in [1.807, 2.05) is 0 Å². The Bertz CT molecular complexity index is 369.